The van der Waals surface area contributed by atoms with Gasteiger partial charge in [-0.2, -0.15) is 0 Å². The maximum absolute atomic E-state index is 12.3. The van der Waals surface area contributed by atoms with Crippen molar-refractivity contribution < 1.29 is 15.0 Å². The molecule has 4 nitrogen and oxygen atoms in total. The van der Waals surface area contributed by atoms with Gasteiger partial charge in [0.15, 0.2) is 0 Å². The van der Waals surface area contributed by atoms with Crippen LogP contribution in [-0.2, 0) is 10.2 Å². The average Bonchev–Trinajstić information content (AvgIpc) is 2.55. The number of ketones is 1. The molecule has 3 N–H and O–H groups in total. The summed E-state index contributed by atoms with van der Waals surface area (Å²) in [6.07, 6.45) is 3.34. The lowest BCUT2D eigenvalue weighted by Crippen LogP contribution is -2.64. The van der Waals surface area contributed by atoms with Crippen LogP contribution in [0.4, 0.5) is 0 Å². The monoisotopic (exact) mass is 331 g/mol. The summed E-state index contributed by atoms with van der Waals surface area (Å²) < 4.78 is 0. The summed E-state index contributed by atoms with van der Waals surface area (Å²) in [6, 6.07) is 5.12. The molecule has 24 heavy (non-hydrogen) atoms. The molecule has 132 valence electrons. The molecular formula is C20H29NO3. The van der Waals surface area contributed by atoms with E-state index >= 15 is 0 Å². The van der Waals surface area contributed by atoms with E-state index < -0.39 is 11.0 Å². The van der Waals surface area contributed by atoms with E-state index in [2.05, 4.69) is 11.9 Å². The van der Waals surface area contributed by atoms with E-state index in [-0.39, 0.29) is 24.0 Å². The molecule has 1 aromatic rings. The molecule has 0 saturated heterocycles. The highest BCUT2D eigenvalue weighted by Crippen LogP contribution is 2.52. The van der Waals surface area contributed by atoms with Crippen molar-refractivity contribution >= 4 is 5.78 Å². The number of phenolic OH excluding ortho intramolecular Hbond substituents is 1. The molecule has 0 radical (unpaired) electrons. The lowest BCUT2D eigenvalue weighted by Gasteiger charge is -2.53. The van der Waals surface area contributed by atoms with Gasteiger partial charge < -0.3 is 15.5 Å². The summed E-state index contributed by atoms with van der Waals surface area (Å²) in [5.41, 5.74) is -0.315. The molecule has 3 unspecified atom stereocenters. The van der Waals surface area contributed by atoms with Gasteiger partial charge in [-0.25, -0.2) is 0 Å². The molecule has 3 atom stereocenters. The first-order valence-corrected chi connectivity index (χ1v) is 8.69. The van der Waals surface area contributed by atoms with Crippen LogP contribution < -0.4 is 5.32 Å². The minimum atomic E-state index is -1.12. The van der Waals surface area contributed by atoms with Crippen LogP contribution in [0.3, 0.4) is 0 Å². The SMILES string of the molecule is C=CCNC(C)C1(O)CCC(=O)CC1(CC)c1c(C)cccc1O. The summed E-state index contributed by atoms with van der Waals surface area (Å²) in [5.74, 6) is 0.293. The second-order valence-corrected chi connectivity index (χ2v) is 6.96. The molecular weight excluding hydrogens is 302 g/mol. The number of aryl methyl sites for hydroxylation is 1. The van der Waals surface area contributed by atoms with Crippen molar-refractivity contribution in [2.45, 2.75) is 63.5 Å². The highest BCUT2D eigenvalue weighted by Gasteiger charge is 2.57. The predicted molar refractivity (Wildman–Crippen MR) is 96.3 cm³/mol. The number of carbonyl (C=O) groups is 1. The molecule has 0 aliphatic heterocycles. The van der Waals surface area contributed by atoms with E-state index in [1.54, 1.807) is 18.2 Å². The summed E-state index contributed by atoms with van der Waals surface area (Å²) in [6.45, 7) is 10.1. The zero-order chi connectivity index (χ0) is 18.0. The van der Waals surface area contributed by atoms with Crippen LogP contribution in [0.15, 0.2) is 30.9 Å². The average molecular weight is 331 g/mol. The van der Waals surface area contributed by atoms with Gasteiger partial charge in [0.2, 0.25) is 0 Å². The highest BCUT2D eigenvalue weighted by atomic mass is 16.3. The summed E-state index contributed by atoms with van der Waals surface area (Å²) in [4.78, 5) is 12.3. The van der Waals surface area contributed by atoms with Crippen LogP contribution in [0, 0.1) is 6.92 Å². The lowest BCUT2D eigenvalue weighted by atomic mass is 9.55. The summed E-state index contributed by atoms with van der Waals surface area (Å²) in [7, 11) is 0. The number of Topliss-reactive ketones (excluding diaryl/α,β-unsaturated/α-hetero) is 1. The minimum absolute atomic E-state index is 0.139. The number of hydrogen-bond donors (Lipinski definition) is 3. The van der Waals surface area contributed by atoms with Gasteiger partial charge in [-0.1, -0.05) is 25.1 Å². The van der Waals surface area contributed by atoms with Crippen LogP contribution in [0.1, 0.15) is 50.7 Å². The Balaban J connectivity index is 2.64. The van der Waals surface area contributed by atoms with Crippen LogP contribution in [-0.4, -0.2) is 34.2 Å². The van der Waals surface area contributed by atoms with Crippen LogP contribution in [0.2, 0.25) is 0 Å². The largest absolute Gasteiger partial charge is 0.508 e. The molecule has 1 saturated carbocycles. The van der Waals surface area contributed by atoms with Crippen LogP contribution in [0.5, 0.6) is 5.75 Å². The van der Waals surface area contributed by atoms with Gasteiger partial charge in [0.05, 0.1) is 5.60 Å². The first kappa shape index (κ1) is 18.7. The van der Waals surface area contributed by atoms with Gasteiger partial charge >= 0.3 is 0 Å². The van der Waals surface area contributed by atoms with E-state index in [0.717, 1.165) is 5.56 Å². The van der Waals surface area contributed by atoms with Crippen LogP contribution >= 0.6 is 0 Å². The standard InChI is InChI=1S/C20H29NO3/c1-5-12-21-15(4)20(24)11-10-16(22)13-19(20,6-2)18-14(3)8-7-9-17(18)23/h5,7-9,15,21,23-24H,1,6,10-13H2,2-4H3. The first-order valence-electron chi connectivity index (χ1n) is 8.69. The summed E-state index contributed by atoms with van der Waals surface area (Å²) in [5, 5.41) is 25.6. The van der Waals surface area contributed by atoms with Crippen LogP contribution in [0.25, 0.3) is 0 Å². The van der Waals surface area contributed by atoms with Crippen molar-refractivity contribution in [3.8, 4) is 5.75 Å². The minimum Gasteiger partial charge on any atom is -0.508 e. The summed E-state index contributed by atoms with van der Waals surface area (Å²) >= 11 is 0. The predicted octanol–water partition coefficient (Wildman–Crippen LogP) is 3.00. The zero-order valence-corrected chi connectivity index (χ0v) is 14.9. The maximum atomic E-state index is 12.3. The van der Waals surface area contributed by atoms with E-state index in [1.807, 2.05) is 26.8 Å². The highest BCUT2D eigenvalue weighted by molar-refractivity contribution is 5.82. The number of phenols is 1. The quantitative estimate of drug-likeness (QED) is 0.701. The molecule has 0 heterocycles. The maximum Gasteiger partial charge on any atom is 0.134 e. The Labute approximate surface area is 144 Å². The number of aromatic hydroxyl groups is 1. The number of hydrogen-bond acceptors (Lipinski definition) is 4. The smallest absolute Gasteiger partial charge is 0.134 e. The van der Waals surface area contributed by atoms with Crippen molar-refractivity contribution in [2.24, 2.45) is 0 Å². The van der Waals surface area contributed by atoms with E-state index in [4.69, 9.17) is 0 Å². The normalized spacial score (nSPS) is 28.6. The fourth-order valence-corrected chi connectivity index (χ4v) is 4.39. The molecule has 1 aliphatic rings. The Morgan fingerprint density at radius 1 is 1.46 bits per heavy atom. The lowest BCUT2D eigenvalue weighted by molar-refractivity contribution is -0.139. The Morgan fingerprint density at radius 3 is 2.75 bits per heavy atom. The van der Waals surface area contributed by atoms with E-state index in [0.29, 0.717) is 31.4 Å². The van der Waals surface area contributed by atoms with Gasteiger partial charge in [0, 0.05) is 36.4 Å². The number of benzene rings is 1. The topological polar surface area (TPSA) is 69.6 Å². The number of aliphatic hydroxyl groups is 1. The van der Waals surface area contributed by atoms with Gasteiger partial charge in [-0.15, -0.1) is 6.58 Å². The first-order chi connectivity index (χ1) is 11.3. The molecule has 1 aromatic carbocycles. The van der Waals surface area contributed by atoms with E-state index in [1.165, 1.54) is 0 Å². The third-order valence-corrected chi connectivity index (χ3v) is 5.73. The molecule has 4 heteroatoms. The van der Waals surface area contributed by atoms with Crippen molar-refractivity contribution in [2.75, 3.05) is 6.54 Å². The molecule has 0 aromatic heterocycles. The van der Waals surface area contributed by atoms with Crippen molar-refractivity contribution in [3.05, 3.63) is 42.0 Å². The molecule has 1 aliphatic carbocycles. The third-order valence-electron chi connectivity index (χ3n) is 5.73. The Kier molecular flexibility index (Phi) is 5.51. The molecule has 2 rings (SSSR count). The van der Waals surface area contributed by atoms with Gasteiger partial charge in [0.25, 0.3) is 0 Å². The zero-order valence-electron chi connectivity index (χ0n) is 14.9. The van der Waals surface area contributed by atoms with Gasteiger partial charge in [-0.3, -0.25) is 4.79 Å². The van der Waals surface area contributed by atoms with Crippen molar-refractivity contribution in [1.29, 1.82) is 0 Å². The third kappa shape index (κ3) is 2.89. The Hall–Kier alpha value is -1.65. The molecule has 0 amide bonds. The number of carbonyl (C=O) groups excluding carboxylic acids is 1. The Bertz CT molecular complexity index is 607. The van der Waals surface area contributed by atoms with Crippen molar-refractivity contribution in [1.82, 2.24) is 5.32 Å². The number of nitrogens with one attached hydrogen (secondary N) is 1. The molecule has 0 spiro atoms. The van der Waals surface area contributed by atoms with Gasteiger partial charge in [-0.05, 0) is 38.3 Å². The Morgan fingerprint density at radius 2 is 2.17 bits per heavy atom. The fraction of sp³-hybridized carbons (Fsp3) is 0.550. The van der Waals surface area contributed by atoms with Gasteiger partial charge in [0.1, 0.15) is 11.5 Å². The van der Waals surface area contributed by atoms with E-state index in [9.17, 15) is 15.0 Å². The second-order valence-electron chi connectivity index (χ2n) is 6.96. The molecule has 0 bridgehead atoms. The van der Waals surface area contributed by atoms with Crippen molar-refractivity contribution in [3.63, 3.8) is 0 Å². The second kappa shape index (κ2) is 7.08. The fourth-order valence-electron chi connectivity index (χ4n) is 4.39. The molecule has 1 fully saturated rings. The number of rotatable bonds is 6.